The normalized spacial score (nSPS) is 16.3. The molecule has 1 rings (SSSR count). The number of ether oxygens (including phenoxy) is 1. The van der Waals surface area contributed by atoms with Crippen molar-refractivity contribution in [1.29, 1.82) is 0 Å². The van der Waals surface area contributed by atoms with Gasteiger partial charge >= 0.3 is 11.8 Å². The highest BCUT2D eigenvalue weighted by Gasteiger charge is 2.13. The molecule has 0 saturated carbocycles. The molecule has 0 aromatic rings. The van der Waals surface area contributed by atoms with Crippen molar-refractivity contribution in [2.24, 2.45) is 0 Å². The Hall–Kier alpha value is -1.14. The summed E-state index contributed by atoms with van der Waals surface area (Å²) < 4.78 is 5.23. The fraction of sp³-hybridized carbons (Fsp3) is 0.833. The number of carbonyl (C=O) groups is 2. The summed E-state index contributed by atoms with van der Waals surface area (Å²) in [4.78, 5) is 25.0. The summed E-state index contributed by atoms with van der Waals surface area (Å²) in [5.41, 5.74) is 0. The molecule has 0 unspecified atom stereocenters. The van der Waals surface area contributed by atoms with Gasteiger partial charge in [-0.2, -0.15) is 0 Å². The third-order valence-corrected chi connectivity index (χ3v) is 2.84. The molecule has 1 heterocycles. The van der Waals surface area contributed by atoms with Crippen LogP contribution in [0.4, 0.5) is 0 Å². The summed E-state index contributed by atoms with van der Waals surface area (Å²) in [5.74, 6) is -1.08. The van der Waals surface area contributed by atoms with Crippen LogP contribution in [-0.4, -0.2) is 62.7 Å². The third-order valence-electron chi connectivity index (χ3n) is 2.84. The number of hydrogen-bond acceptors (Lipinski definition) is 4. The van der Waals surface area contributed by atoms with Gasteiger partial charge in [-0.25, -0.2) is 0 Å². The van der Waals surface area contributed by atoms with E-state index in [2.05, 4.69) is 15.5 Å². The molecule has 1 fully saturated rings. The molecule has 104 valence electrons. The summed E-state index contributed by atoms with van der Waals surface area (Å²) in [5, 5.41) is 5.21. The zero-order valence-electron chi connectivity index (χ0n) is 11.0. The summed E-state index contributed by atoms with van der Waals surface area (Å²) in [6, 6.07) is 0. The van der Waals surface area contributed by atoms with E-state index in [1.807, 2.05) is 6.92 Å². The molecule has 0 aliphatic carbocycles. The minimum absolute atomic E-state index is 0.500. The number of nitrogens with zero attached hydrogens (tertiary/aromatic N) is 1. The first-order chi connectivity index (χ1) is 8.74. The Labute approximate surface area is 108 Å². The molecule has 18 heavy (non-hydrogen) atoms. The van der Waals surface area contributed by atoms with Crippen molar-refractivity contribution in [2.75, 3.05) is 45.9 Å². The molecule has 0 radical (unpaired) electrons. The largest absolute Gasteiger partial charge is 0.379 e. The Bertz CT molecular complexity index is 265. The van der Waals surface area contributed by atoms with E-state index in [1.165, 1.54) is 0 Å². The van der Waals surface area contributed by atoms with Crippen LogP contribution in [0.3, 0.4) is 0 Å². The number of rotatable bonds is 6. The smallest absolute Gasteiger partial charge is 0.309 e. The first kappa shape index (κ1) is 14.9. The fourth-order valence-electron chi connectivity index (χ4n) is 1.69. The molecule has 6 heteroatoms. The average molecular weight is 257 g/mol. The fourth-order valence-corrected chi connectivity index (χ4v) is 1.69. The predicted molar refractivity (Wildman–Crippen MR) is 68.2 cm³/mol. The second-order valence-corrected chi connectivity index (χ2v) is 4.32. The van der Waals surface area contributed by atoms with Gasteiger partial charge in [-0.15, -0.1) is 0 Å². The Morgan fingerprint density at radius 2 is 1.72 bits per heavy atom. The summed E-state index contributed by atoms with van der Waals surface area (Å²) in [7, 11) is 0. The summed E-state index contributed by atoms with van der Waals surface area (Å²) >= 11 is 0. The lowest BCUT2D eigenvalue weighted by Gasteiger charge is -2.26. The molecule has 2 amide bonds. The maximum Gasteiger partial charge on any atom is 0.309 e. The Kier molecular flexibility index (Phi) is 7.36. The number of unbranched alkanes of at least 4 members (excludes halogenated alkanes) is 1. The number of amides is 2. The molecule has 0 aromatic heterocycles. The number of morpholine rings is 1. The van der Waals surface area contributed by atoms with Crippen molar-refractivity contribution in [3.8, 4) is 0 Å². The van der Waals surface area contributed by atoms with Crippen molar-refractivity contribution in [1.82, 2.24) is 15.5 Å². The van der Waals surface area contributed by atoms with Crippen LogP contribution in [0.1, 0.15) is 19.8 Å². The lowest BCUT2D eigenvalue weighted by Crippen LogP contribution is -2.45. The van der Waals surface area contributed by atoms with Gasteiger partial charge in [0.25, 0.3) is 0 Å². The van der Waals surface area contributed by atoms with Gasteiger partial charge in [-0.1, -0.05) is 13.3 Å². The Balaban J connectivity index is 2.06. The molecular formula is C12H23N3O3. The van der Waals surface area contributed by atoms with E-state index in [0.717, 1.165) is 45.7 Å². The first-order valence-corrected chi connectivity index (χ1v) is 6.60. The van der Waals surface area contributed by atoms with Crippen molar-refractivity contribution < 1.29 is 14.3 Å². The van der Waals surface area contributed by atoms with Crippen LogP contribution in [0.15, 0.2) is 0 Å². The average Bonchev–Trinajstić information content (AvgIpc) is 2.40. The van der Waals surface area contributed by atoms with E-state index < -0.39 is 11.8 Å². The molecule has 1 saturated heterocycles. The van der Waals surface area contributed by atoms with E-state index in [0.29, 0.717) is 13.1 Å². The van der Waals surface area contributed by atoms with Gasteiger partial charge in [-0.05, 0) is 6.42 Å². The monoisotopic (exact) mass is 257 g/mol. The van der Waals surface area contributed by atoms with Crippen molar-refractivity contribution in [2.45, 2.75) is 19.8 Å². The third kappa shape index (κ3) is 5.97. The van der Waals surface area contributed by atoms with Gasteiger partial charge in [0.2, 0.25) is 0 Å². The van der Waals surface area contributed by atoms with Gasteiger partial charge in [0.05, 0.1) is 13.2 Å². The standard InChI is InChI=1S/C12H23N3O3/c1-2-3-4-13-11(16)12(17)14-5-6-15-7-9-18-10-8-15/h2-10H2,1H3,(H,13,16)(H,14,17). The van der Waals surface area contributed by atoms with Gasteiger partial charge in [0.15, 0.2) is 0 Å². The van der Waals surface area contributed by atoms with E-state index in [9.17, 15) is 9.59 Å². The maximum absolute atomic E-state index is 11.4. The van der Waals surface area contributed by atoms with Gasteiger partial charge in [0, 0.05) is 32.7 Å². The topological polar surface area (TPSA) is 70.7 Å². The maximum atomic E-state index is 11.4. The highest BCUT2D eigenvalue weighted by molar-refractivity contribution is 6.35. The van der Waals surface area contributed by atoms with Gasteiger partial charge in [-0.3, -0.25) is 14.5 Å². The van der Waals surface area contributed by atoms with Crippen LogP contribution in [0.2, 0.25) is 0 Å². The Morgan fingerprint density at radius 1 is 1.11 bits per heavy atom. The van der Waals surface area contributed by atoms with Gasteiger partial charge < -0.3 is 15.4 Å². The SMILES string of the molecule is CCCCNC(=O)C(=O)NCCN1CCOCC1. The van der Waals surface area contributed by atoms with Crippen molar-refractivity contribution in [3.63, 3.8) is 0 Å². The molecule has 0 atom stereocenters. The van der Waals surface area contributed by atoms with Crippen molar-refractivity contribution in [3.05, 3.63) is 0 Å². The molecule has 0 spiro atoms. The van der Waals surface area contributed by atoms with E-state index >= 15 is 0 Å². The van der Waals surface area contributed by atoms with Crippen molar-refractivity contribution >= 4 is 11.8 Å². The molecule has 1 aliphatic rings. The highest BCUT2D eigenvalue weighted by Crippen LogP contribution is 1.94. The quantitative estimate of drug-likeness (QED) is 0.490. The van der Waals surface area contributed by atoms with E-state index in [4.69, 9.17) is 4.74 Å². The minimum atomic E-state index is -0.542. The zero-order chi connectivity index (χ0) is 13.2. The molecule has 2 N–H and O–H groups in total. The van der Waals surface area contributed by atoms with Crippen LogP contribution in [0.25, 0.3) is 0 Å². The molecule has 6 nitrogen and oxygen atoms in total. The lowest BCUT2D eigenvalue weighted by molar-refractivity contribution is -0.139. The minimum Gasteiger partial charge on any atom is -0.379 e. The number of nitrogens with one attached hydrogen (secondary N) is 2. The summed E-state index contributed by atoms with van der Waals surface area (Å²) in [6.45, 7) is 7.12. The summed E-state index contributed by atoms with van der Waals surface area (Å²) in [6.07, 6.45) is 1.89. The van der Waals surface area contributed by atoms with Crippen LogP contribution >= 0.6 is 0 Å². The first-order valence-electron chi connectivity index (χ1n) is 6.60. The predicted octanol–water partition coefficient (Wildman–Crippen LogP) is -0.649. The number of hydrogen-bond donors (Lipinski definition) is 2. The van der Waals surface area contributed by atoms with Gasteiger partial charge in [0.1, 0.15) is 0 Å². The lowest BCUT2D eigenvalue weighted by atomic mass is 10.3. The molecule has 0 bridgehead atoms. The Morgan fingerprint density at radius 3 is 2.33 bits per heavy atom. The highest BCUT2D eigenvalue weighted by atomic mass is 16.5. The molecule has 1 aliphatic heterocycles. The van der Waals surface area contributed by atoms with Crippen LogP contribution in [0.5, 0.6) is 0 Å². The number of carbonyl (C=O) groups excluding carboxylic acids is 2. The van der Waals surface area contributed by atoms with Crippen LogP contribution < -0.4 is 10.6 Å². The molecular weight excluding hydrogens is 234 g/mol. The van der Waals surface area contributed by atoms with E-state index in [1.54, 1.807) is 0 Å². The second kappa shape index (κ2) is 8.88. The van der Waals surface area contributed by atoms with Crippen LogP contribution in [0, 0.1) is 0 Å². The van der Waals surface area contributed by atoms with E-state index in [-0.39, 0.29) is 0 Å². The molecule has 0 aromatic carbocycles. The second-order valence-electron chi connectivity index (χ2n) is 4.32. The zero-order valence-corrected chi connectivity index (χ0v) is 11.0. The van der Waals surface area contributed by atoms with Crippen LogP contribution in [-0.2, 0) is 14.3 Å².